The van der Waals surface area contributed by atoms with Crippen molar-refractivity contribution >= 4 is 39.7 Å². The molecule has 27 heavy (non-hydrogen) atoms. The van der Waals surface area contributed by atoms with Crippen LogP contribution >= 0.6 is 0 Å². The minimum atomic E-state index is -4.85. The van der Waals surface area contributed by atoms with Gasteiger partial charge in [0.25, 0.3) is 0 Å². The molecule has 1 aromatic rings. The van der Waals surface area contributed by atoms with E-state index in [9.17, 15) is 22.8 Å². The molecule has 2 heterocycles. The summed E-state index contributed by atoms with van der Waals surface area (Å²) in [7, 11) is -4.85. The molecule has 0 unspecified atom stereocenters. The van der Waals surface area contributed by atoms with Gasteiger partial charge in [0, 0.05) is 17.9 Å². The summed E-state index contributed by atoms with van der Waals surface area (Å²) in [6.45, 7) is 0.0930. The maximum absolute atomic E-state index is 12.6. The van der Waals surface area contributed by atoms with Crippen LogP contribution in [0.15, 0.2) is 24.3 Å². The van der Waals surface area contributed by atoms with Gasteiger partial charge in [0.1, 0.15) is 6.04 Å². The van der Waals surface area contributed by atoms with Crippen LogP contribution in [0.2, 0.25) is 0 Å². The molecule has 146 valence electrons. The van der Waals surface area contributed by atoms with Gasteiger partial charge in [0.05, 0.1) is 6.04 Å². The zero-order valence-corrected chi connectivity index (χ0v) is 14.7. The Bertz CT molecular complexity index is 890. The molecule has 0 radical (unpaired) electrons. The number of nitrogens with zero attached hydrogens (tertiary/aromatic N) is 2. The van der Waals surface area contributed by atoms with E-state index in [1.807, 2.05) is 0 Å². The number of hydrogen-bond donors (Lipinski definition) is 4. The van der Waals surface area contributed by atoms with Crippen molar-refractivity contribution in [1.82, 2.24) is 9.96 Å². The predicted octanol–water partition coefficient (Wildman–Crippen LogP) is 0.119. The molecular formula is C14H17N5O7S. The SMILES string of the molecule is NC(=O)Nc1cccc(NC(=O)[C@@H]2CC[C@@H]3CN2C(=O)N3OS(=O)(=O)O)c1. The van der Waals surface area contributed by atoms with Gasteiger partial charge in [-0.25, -0.2) is 9.59 Å². The lowest BCUT2D eigenvalue weighted by atomic mass is 10.0. The number of nitrogens with two attached hydrogens (primary N) is 1. The molecule has 13 heteroatoms. The Hall–Kier alpha value is -2.90. The van der Waals surface area contributed by atoms with Crippen LogP contribution in [-0.2, 0) is 19.5 Å². The van der Waals surface area contributed by atoms with Crippen molar-refractivity contribution in [3.05, 3.63) is 24.3 Å². The molecule has 2 atom stereocenters. The van der Waals surface area contributed by atoms with E-state index in [1.54, 1.807) is 18.2 Å². The number of hydrogen-bond acceptors (Lipinski definition) is 6. The maximum atomic E-state index is 12.6. The molecule has 2 saturated heterocycles. The van der Waals surface area contributed by atoms with E-state index < -0.39 is 40.5 Å². The first-order valence-corrected chi connectivity index (χ1v) is 9.25. The van der Waals surface area contributed by atoms with Crippen LogP contribution in [0.1, 0.15) is 12.8 Å². The summed E-state index contributed by atoms with van der Waals surface area (Å²) in [6.07, 6.45) is 0.603. The topological polar surface area (TPSA) is 171 Å². The highest BCUT2D eigenvalue weighted by atomic mass is 32.3. The Morgan fingerprint density at radius 1 is 1.22 bits per heavy atom. The summed E-state index contributed by atoms with van der Waals surface area (Å²) in [5.41, 5.74) is 5.81. The molecule has 12 nitrogen and oxygen atoms in total. The van der Waals surface area contributed by atoms with Crippen molar-refractivity contribution in [3.8, 4) is 0 Å². The van der Waals surface area contributed by atoms with E-state index in [2.05, 4.69) is 14.9 Å². The second-order valence-corrected chi connectivity index (χ2v) is 7.07. The first-order valence-electron chi connectivity index (χ1n) is 7.88. The molecule has 5 amide bonds. The largest absolute Gasteiger partial charge is 0.418 e. The lowest BCUT2D eigenvalue weighted by Gasteiger charge is -2.29. The molecule has 0 aliphatic carbocycles. The number of carbonyl (C=O) groups excluding carboxylic acids is 3. The molecule has 5 N–H and O–H groups in total. The van der Waals surface area contributed by atoms with Gasteiger partial charge in [0.2, 0.25) is 5.91 Å². The second kappa shape index (κ2) is 7.02. The Morgan fingerprint density at radius 3 is 2.52 bits per heavy atom. The third kappa shape index (κ3) is 4.27. The molecule has 2 aliphatic heterocycles. The Kier molecular flexibility index (Phi) is 4.91. The molecule has 2 aliphatic rings. The first kappa shape index (κ1) is 18.9. The summed E-state index contributed by atoms with van der Waals surface area (Å²) in [6, 6.07) is 3.28. The molecule has 2 fully saturated rings. The summed E-state index contributed by atoms with van der Waals surface area (Å²) in [5.74, 6) is -0.480. The van der Waals surface area contributed by atoms with Crippen LogP contribution in [-0.4, -0.2) is 59.5 Å². The number of benzene rings is 1. The van der Waals surface area contributed by atoms with E-state index in [0.717, 1.165) is 0 Å². The fourth-order valence-corrected chi connectivity index (χ4v) is 3.54. The van der Waals surface area contributed by atoms with Crippen molar-refractivity contribution in [1.29, 1.82) is 0 Å². The van der Waals surface area contributed by atoms with E-state index >= 15 is 0 Å². The normalized spacial score (nSPS) is 21.9. The number of fused-ring (bicyclic) bond motifs is 2. The second-order valence-electron chi connectivity index (χ2n) is 6.07. The maximum Gasteiger partial charge on any atom is 0.418 e. The summed E-state index contributed by atoms with van der Waals surface area (Å²) >= 11 is 0. The lowest BCUT2D eigenvalue weighted by molar-refractivity contribution is -0.120. The number of nitrogens with one attached hydrogen (secondary N) is 2. The molecule has 0 aromatic heterocycles. The Balaban J connectivity index is 1.70. The minimum Gasteiger partial charge on any atom is -0.351 e. The predicted molar refractivity (Wildman–Crippen MR) is 91.7 cm³/mol. The van der Waals surface area contributed by atoms with Gasteiger partial charge >= 0.3 is 22.5 Å². The highest BCUT2D eigenvalue weighted by Crippen LogP contribution is 2.31. The van der Waals surface area contributed by atoms with Crippen LogP contribution in [0.25, 0.3) is 0 Å². The number of carbonyl (C=O) groups is 3. The summed E-state index contributed by atoms with van der Waals surface area (Å²) in [5, 5.41) is 5.59. The molecule has 2 bridgehead atoms. The number of anilines is 2. The number of amides is 5. The fourth-order valence-electron chi connectivity index (χ4n) is 3.15. The standard InChI is InChI=1S/C14H17N5O7S/c15-13(21)17-9-3-1-2-8(6-9)16-12(20)11-5-4-10-7-18(11)14(22)19(10)26-27(23,24)25/h1-3,6,10-11H,4-5,7H2,(H,16,20)(H3,15,17,21)(H,23,24,25)/t10-,11+/m1/s1. The molecule has 1 aromatic carbocycles. The summed E-state index contributed by atoms with van der Waals surface area (Å²) in [4.78, 5) is 37.0. The van der Waals surface area contributed by atoms with Crippen LogP contribution < -0.4 is 16.4 Å². The van der Waals surface area contributed by atoms with E-state index in [1.165, 1.54) is 11.0 Å². The number of hydroxylamine groups is 2. The van der Waals surface area contributed by atoms with Gasteiger partial charge in [-0.3, -0.25) is 9.35 Å². The number of piperidine rings is 1. The number of rotatable bonds is 5. The average Bonchev–Trinajstić information content (AvgIpc) is 2.78. The van der Waals surface area contributed by atoms with Gasteiger partial charge in [-0.1, -0.05) is 6.07 Å². The highest BCUT2D eigenvalue weighted by Gasteiger charge is 2.49. The molecule has 0 spiro atoms. The minimum absolute atomic E-state index is 0.0930. The zero-order chi connectivity index (χ0) is 19.8. The molecule has 0 saturated carbocycles. The van der Waals surface area contributed by atoms with Gasteiger partial charge in [-0.15, -0.1) is 4.28 Å². The lowest BCUT2D eigenvalue weighted by Crippen LogP contribution is -2.47. The fraction of sp³-hybridized carbons (Fsp3) is 0.357. The van der Waals surface area contributed by atoms with E-state index in [0.29, 0.717) is 22.9 Å². The quantitative estimate of drug-likeness (QED) is 0.509. The van der Waals surface area contributed by atoms with Crippen LogP contribution in [0.3, 0.4) is 0 Å². The van der Waals surface area contributed by atoms with Gasteiger partial charge in [-0.2, -0.15) is 13.5 Å². The van der Waals surface area contributed by atoms with Gasteiger partial charge in [-0.05, 0) is 31.0 Å². The van der Waals surface area contributed by atoms with E-state index in [4.69, 9.17) is 10.3 Å². The zero-order valence-electron chi connectivity index (χ0n) is 13.9. The Labute approximate surface area is 154 Å². The number of urea groups is 2. The van der Waals surface area contributed by atoms with Crippen molar-refractivity contribution in [2.45, 2.75) is 24.9 Å². The van der Waals surface area contributed by atoms with E-state index in [-0.39, 0.29) is 13.0 Å². The Morgan fingerprint density at radius 2 is 1.89 bits per heavy atom. The highest BCUT2D eigenvalue weighted by molar-refractivity contribution is 7.80. The third-order valence-electron chi connectivity index (χ3n) is 4.20. The van der Waals surface area contributed by atoms with Crippen LogP contribution in [0, 0.1) is 0 Å². The smallest absolute Gasteiger partial charge is 0.351 e. The van der Waals surface area contributed by atoms with Crippen molar-refractivity contribution in [2.75, 3.05) is 17.2 Å². The monoisotopic (exact) mass is 399 g/mol. The van der Waals surface area contributed by atoms with Gasteiger partial charge < -0.3 is 21.3 Å². The third-order valence-corrected chi connectivity index (χ3v) is 4.55. The average molecular weight is 399 g/mol. The molecular weight excluding hydrogens is 382 g/mol. The first-order chi connectivity index (χ1) is 12.6. The van der Waals surface area contributed by atoms with Gasteiger partial charge in [0.15, 0.2) is 0 Å². The van der Waals surface area contributed by atoms with Crippen LogP contribution in [0.5, 0.6) is 0 Å². The van der Waals surface area contributed by atoms with Crippen molar-refractivity contribution in [2.24, 2.45) is 5.73 Å². The van der Waals surface area contributed by atoms with Crippen LogP contribution in [0.4, 0.5) is 21.0 Å². The number of primary amides is 1. The molecule has 3 rings (SSSR count). The summed E-state index contributed by atoms with van der Waals surface area (Å²) < 4.78 is 34.9. The van der Waals surface area contributed by atoms with Crippen molar-refractivity contribution in [3.63, 3.8) is 0 Å². The van der Waals surface area contributed by atoms with Crippen molar-refractivity contribution < 1.29 is 31.6 Å².